The van der Waals surface area contributed by atoms with Gasteiger partial charge in [-0.15, -0.1) is 0 Å². The zero-order chi connectivity index (χ0) is 25.3. The Morgan fingerprint density at radius 1 is 1.14 bits per heavy atom. The highest BCUT2D eigenvalue weighted by atomic mass is 19.1. The summed E-state index contributed by atoms with van der Waals surface area (Å²) in [5, 5.41) is 13.8. The number of hydrogen-bond acceptors (Lipinski definition) is 5. The third-order valence-corrected chi connectivity index (χ3v) is 6.04. The average Bonchev–Trinajstić information content (AvgIpc) is 3.12. The van der Waals surface area contributed by atoms with Crippen molar-refractivity contribution in [2.45, 2.75) is 39.7 Å². The average molecular weight is 477 g/mol. The van der Waals surface area contributed by atoms with E-state index in [1.807, 2.05) is 50.5 Å². The van der Waals surface area contributed by atoms with Gasteiger partial charge in [-0.1, -0.05) is 26.8 Å². The fraction of sp³-hybridized carbons (Fsp3) is 0.296. The lowest BCUT2D eigenvalue weighted by Crippen LogP contribution is -2.17. The van der Waals surface area contributed by atoms with Gasteiger partial charge in [-0.2, -0.15) is 0 Å². The SMILES string of the molecule is COc1cc(F)cc2c1cc(C)n2CCNc1cc(-c2ccc(C(=O)O)c(C(C)(C)C)c2)ncn1. The largest absolute Gasteiger partial charge is 0.496 e. The van der Waals surface area contributed by atoms with Crippen LogP contribution in [0.1, 0.15) is 42.4 Å². The third kappa shape index (κ3) is 4.96. The molecule has 2 heterocycles. The van der Waals surface area contributed by atoms with Gasteiger partial charge in [0, 0.05) is 41.9 Å². The molecule has 0 spiro atoms. The number of fused-ring (bicyclic) bond motifs is 1. The Labute approximate surface area is 203 Å². The third-order valence-electron chi connectivity index (χ3n) is 6.04. The van der Waals surface area contributed by atoms with Crippen molar-refractivity contribution in [3.8, 4) is 17.0 Å². The van der Waals surface area contributed by atoms with Gasteiger partial charge >= 0.3 is 5.97 Å². The van der Waals surface area contributed by atoms with Crippen molar-refractivity contribution < 1.29 is 19.0 Å². The number of nitrogens with zero attached hydrogens (tertiary/aromatic N) is 3. The van der Waals surface area contributed by atoms with E-state index in [4.69, 9.17) is 4.74 Å². The van der Waals surface area contributed by atoms with Crippen molar-refractivity contribution in [1.29, 1.82) is 0 Å². The highest BCUT2D eigenvalue weighted by molar-refractivity contribution is 5.91. The molecule has 0 atom stereocenters. The number of nitrogens with one attached hydrogen (secondary N) is 1. The molecule has 0 saturated heterocycles. The van der Waals surface area contributed by atoms with Gasteiger partial charge in [-0.25, -0.2) is 19.2 Å². The maximum atomic E-state index is 14.1. The van der Waals surface area contributed by atoms with E-state index in [0.717, 1.165) is 27.7 Å². The summed E-state index contributed by atoms with van der Waals surface area (Å²) in [6.45, 7) is 9.10. The molecule has 35 heavy (non-hydrogen) atoms. The molecule has 8 heteroatoms. The van der Waals surface area contributed by atoms with Crippen molar-refractivity contribution >= 4 is 22.7 Å². The molecule has 4 rings (SSSR count). The maximum Gasteiger partial charge on any atom is 0.335 e. The second kappa shape index (κ2) is 9.37. The van der Waals surface area contributed by atoms with E-state index in [9.17, 15) is 14.3 Å². The highest BCUT2D eigenvalue weighted by Crippen LogP contribution is 2.31. The number of rotatable bonds is 7. The maximum absolute atomic E-state index is 14.1. The van der Waals surface area contributed by atoms with Crippen LogP contribution < -0.4 is 10.1 Å². The summed E-state index contributed by atoms with van der Waals surface area (Å²) in [5.41, 5.74) is 3.99. The fourth-order valence-corrected chi connectivity index (χ4v) is 4.31. The predicted octanol–water partition coefficient (Wildman–Crippen LogP) is 5.66. The van der Waals surface area contributed by atoms with Crippen molar-refractivity contribution in [3.63, 3.8) is 0 Å². The molecule has 2 N–H and O–H groups in total. The minimum absolute atomic E-state index is 0.288. The first-order chi connectivity index (χ1) is 16.6. The van der Waals surface area contributed by atoms with Gasteiger partial charge in [0.25, 0.3) is 0 Å². The quantitative estimate of drug-likeness (QED) is 0.358. The number of aromatic nitrogens is 3. The normalized spacial score (nSPS) is 11.6. The standard InChI is InChI=1S/C27H29FN4O3/c1-16-10-20-23(12-18(28)13-24(20)35-5)32(16)9-8-29-25-14-22(30-15-31-25)17-6-7-19(26(33)34)21(11-17)27(2,3)4/h6-7,10-15H,8-9H2,1-5H3,(H,33,34)(H,29,30,31). The lowest BCUT2D eigenvalue weighted by molar-refractivity contribution is 0.0694. The fourth-order valence-electron chi connectivity index (χ4n) is 4.31. The van der Waals surface area contributed by atoms with Gasteiger partial charge in [0.15, 0.2) is 0 Å². The Balaban J connectivity index is 1.55. The number of halogens is 1. The van der Waals surface area contributed by atoms with Crippen LogP contribution in [-0.4, -0.2) is 39.3 Å². The smallest absolute Gasteiger partial charge is 0.335 e. The summed E-state index contributed by atoms with van der Waals surface area (Å²) in [4.78, 5) is 20.4. The molecule has 0 radical (unpaired) electrons. The monoisotopic (exact) mass is 476 g/mol. The van der Waals surface area contributed by atoms with Gasteiger partial charge in [-0.3, -0.25) is 0 Å². The number of aromatic carboxylic acids is 1. The molecule has 0 aliphatic carbocycles. The Morgan fingerprint density at radius 3 is 2.60 bits per heavy atom. The number of carbonyl (C=O) groups is 1. The Hall–Kier alpha value is -3.94. The molecule has 0 aliphatic heterocycles. The van der Waals surface area contributed by atoms with Crippen LogP contribution in [0.3, 0.4) is 0 Å². The van der Waals surface area contributed by atoms with Crippen LogP contribution in [0.25, 0.3) is 22.2 Å². The van der Waals surface area contributed by atoms with Gasteiger partial charge < -0.3 is 19.7 Å². The minimum Gasteiger partial charge on any atom is -0.496 e. The molecule has 0 fully saturated rings. The van der Waals surface area contributed by atoms with Crippen LogP contribution in [0.15, 0.2) is 48.8 Å². The van der Waals surface area contributed by atoms with E-state index in [1.54, 1.807) is 12.1 Å². The summed E-state index contributed by atoms with van der Waals surface area (Å²) in [7, 11) is 1.54. The first kappa shape index (κ1) is 24.2. The molecular formula is C27H29FN4O3. The zero-order valence-corrected chi connectivity index (χ0v) is 20.5. The number of ether oxygens (including phenoxy) is 1. The number of carboxylic acid groups (broad SMARTS) is 1. The summed E-state index contributed by atoms with van der Waals surface area (Å²) in [6, 6.07) is 12.0. The van der Waals surface area contributed by atoms with E-state index in [0.29, 0.717) is 30.4 Å². The molecular weight excluding hydrogens is 447 g/mol. The van der Waals surface area contributed by atoms with E-state index < -0.39 is 5.97 Å². The van der Waals surface area contributed by atoms with Gasteiger partial charge in [-0.05, 0) is 42.2 Å². The Bertz CT molecular complexity index is 1410. The topological polar surface area (TPSA) is 89.3 Å². The lowest BCUT2D eigenvalue weighted by atomic mass is 9.82. The van der Waals surface area contributed by atoms with Crippen LogP contribution in [0.5, 0.6) is 5.75 Å². The molecule has 7 nitrogen and oxygen atoms in total. The summed E-state index contributed by atoms with van der Waals surface area (Å²) in [5.74, 6) is -0.131. The number of methoxy groups -OCH3 is 1. The zero-order valence-electron chi connectivity index (χ0n) is 20.5. The van der Waals surface area contributed by atoms with Crippen LogP contribution >= 0.6 is 0 Å². The minimum atomic E-state index is -0.947. The molecule has 2 aromatic heterocycles. The van der Waals surface area contributed by atoms with Gasteiger partial charge in [0.05, 0.1) is 23.9 Å². The number of aryl methyl sites for hydroxylation is 1. The van der Waals surface area contributed by atoms with Gasteiger partial charge in [0.1, 0.15) is 23.7 Å². The van der Waals surface area contributed by atoms with Crippen LogP contribution in [-0.2, 0) is 12.0 Å². The number of carboxylic acids is 1. The molecule has 182 valence electrons. The highest BCUT2D eigenvalue weighted by Gasteiger charge is 2.22. The summed E-state index contributed by atoms with van der Waals surface area (Å²) < 4.78 is 21.5. The first-order valence-corrected chi connectivity index (χ1v) is 11.4. The predicted molar refractivity (Wildman–Crippen MR) is 135 cm³/mol. The second-order valence-corrected chi connectivity index (χ2v) is 9.51. The first-order valence-electron chi connectivity index (χ1n) is 11.4. The molecule has 0 unspecified atom stereocenters. The molecule has 0 bridgehead atoms. The number of hydrogen-bond donors (Lipinski definition) is 2. The summed E-state index contributed by atoms with van der Waals surface area (Å²) in [6.07, 6.45) is 1.48. The van der Waals surface area contributed by atoms with Crippen LogP contribution in [0.2, 0.25) is 0 Å². The van der Waals surface area contributed by atoms with Crippen molar-refractivity contribution in [2.24, 2.45) is 0 Å². The lowest BCUT2D eigenvalue weighted by Gasteiger charge is -2.22. The van der Waals surface area contributed by atoms with E-state index in [-0.39, 0.29) is 16.8 Å². The van der Waals surface area contributed by atoms with E-state index >= 15 is 0 Å². The number of anilines is 1. The Kier molecular flexibility index (Phi) is 6.47. The van der Waals surface area contributed by atoms with Gasteiger partial charge in [0.2, 0.25) is 0 Å². The van der Waals surface area contributed by atoms with Crippen LogP contribution in [0, 0.1) is 12.7 Å². The molecule has 0 aliphatic rings. The molecule has 2 aromatic carbocycles. The summed E-state index contributed by atoms with van der Waals surface area (Å²) >= 11 is 0. The molecule has 0 saturated carbocycles. The van der Waals surface area contributed by atoms with E-state index in [2.05, 4.69) is 15.3 Å². The Morgan fingerprint density at radius 2 is 1.91 bits per heavy atom. The van der Waals surface area contributed by atoms with E-state index in [1.165, 1.54) is 25.6 Å². The van der Waals surface area contributed by atoms with Crippen LogP contribution in [0.4, 0.5) is 10.2 Å². The van der Waals surface area contributed by atoms with Crippen molar-refractivity contribution in [2.75, 3.05) is 19.0 Å². The molecule has 4 aromatic rings. The second-order valence-electron chi connectivity index (χ2n) is 9.51. The number of benzene rings is 2. The molecule has 0 amide bonds. The van der Waals surface area contributed by atoms with Crippen molar-refractivity contribution in [1.82, 2.24) is 14.5 Å². The van der Waals surface area contributed by atoms with Crippen molar-refractivity contribution in [3.05, 3.63) is 71.4 Å².